The molecule has 0 aliphatic heterocycles. The second-order valence-corrected chi connectivity index (χ2v) is 12.8. The van der Waals surface area contributed by atoms with E-state index in [0.29, 0.717) is 28.9 Å². The van der Waals surface area contributed by atoms with E-state index in [1.165, 1.54) is 21.6 Å². The molecule has 0 unspecified atom stereocenters. The molecule has 21 nitrogen and oxygen atoms in total. The number of aromatic nitrogens is 4. The minimum Gasteiger partial charge on any atom is -0.465 e. The van der Waals surface area contributed by atoms with Gasteiger partial charge in [0.05, 0.1) is 52.9 Å². The van der Waals surface area contributed by atoms with Crippen molar-refractivity contribution < 1.29 is 33.6 Å². The number of carbonyl (C=O) groups is 2. The second kappa shape index (κ2) is 29.1. The molecular weight excluding hydrogens is 835 g/mol. The third-order valence-corrected chi connectivity index (χ3v) is 8.28. The lowest BCUT2D eigenvalue weighted by Crippen LogP contribution is -2.32. The van der Waals surface area contributed by atoms with Crippen LogP contribution >= 0.6 is 11.8 Å². The Balaban J connectivity index is 0. The van der Waals surface area contributed by atoms with E-state index in [0.717, 1.165) is 12.8 Å². The van der Waals surface area contributed by atoms with Crippen molar-refractivity contribution in [3.63, 3.8) is 0 Å². The fourth-order valence-corrected chi connectivity index (χ4v) is 5.56. The van der Waals surface area contributed by atoms with Crippen LogP contribution in [0.1, 0.15) is 78.1 Å². The molecule has 338 valence electrons. The van der Waals surface area contributed by atoms with Crippen LogP contribution in [-0.4, -0.2) is 90.6 Å². The monoisotopic (exact) mass is 891 g/mol. The lowest BCUT2D eigenvalue weighted by atomic mass is 10.1. The number of unbranched alkanes of at least 4 members (excludes halogenated alkanes) is 1. The molecule has 0 bridgehead atoms. The molecule has 2 aromatic heterocycles. The van der Waals surface area contributed by atoms with Gasteiger partial charge in [0.15, 0.2) is 5.16 Å². The van der Waals surface area contributed by atoms with Gasteiger partial charge in [0.1, 0.15) is 13.1 Å². The largest absolute Gasteiger partial charge is 0.465 e. The van der Waals surface area contributed by atoms with Crippen LogP contribution < -0.4 is 26.0 Å². The number of anilines is 4. The normalized spacial score (nSPS) is 9.65. The molecule has 2 aromatic carbocycles. The highest BCUT2D eigenvalue weighted by atomic mass is 32.2. The number of rotatable bonds is 19. The summed E-state index contributed by atoms with van der Waals surface area (Å²) < 4.78 is 20.7. The number of nitrogens with zero attached hydrogens (tertiary/aromatic N) is 10. The number of nitrogen functional groups attached to an aromatic ring is 2. The first-order chi connectivity index (χ1) is 29.3. The number of ether oxygens (including phenoxy) is 3. The van der Waals surface area contributed by atoms with Crippen molar-refractivity contribution in [1.82, 2.24) is 19.9 Å². The molecule has 0 aliphatic carbocycles. The first kappa shape index (κ1) is 55.7. The van der Waals surface area contributed by atoms with E-state index in [1.807, 2.05) is 19.1 Å². The number of nitro groups is 2. The molecular formula is C40H55BN12O9S. The van der Waals surface area contributed by atoms with Crippen molar-refractivity contribution in [3.05, 3.63) is 91.0 Å². The van der Waals surface area contributed by atoms with E-state index in [1.54, 1.807) is 68.6 Å². The van der Waals surface area contributed by atoms with Gasteiger partial charge in [0.2, 0.25) is 23.3 Å². The fourth-order valence-electron chi connectivity index (χ4n) is 5.19. The number of carbonyl (C=O) groups excluding carboxylic acids is 2. The lowest BCUT2D eigenvalue weighted by molar-refractivity contribution is -0.383. The first-order valence-electron chi connectivity index (χ1n) is 18.5. The van der Waals surface area contributed by atoms with Crippen LogP contribution in [-0.2, 0) is 32.2 Å². The molecule has 0 saturated heterocycles. The number of hydrogen-bond acceptors (Lipinski definition) is 20. The Labute approximate surface area is 375 Å². The van der Waals surface area contributed by atoms with Crippen molar-refractivity contribution in [2.75, 3.05) is 60.4 Å². The van der Waals surface area contributed by atoms with Crippen LogP contribution in [0.4, 0.5) is 34.6 Å². The summed E-state index contributed by atoms with van der Waals surface area (Å²) in [5, 5.41) is 41.7. The van der Waals surface area contributed by atoms with Crippen LogP contribution in [0.25, 0.3) is 0 Å². The summed E-state index contributed by atoms with van der Waals surface area (Å²) in [7, 11) is 3.75. The Kier molecular flexibility index (Phi) is 25.7. The molecule has 4 aromatic rings. The molecule has 0 atom stereocenters. The minimum atomic E-state index is -0.704. The van der Waals surface area contributed by atoms with Gasteiger partial charge in [0, 0.05) is 21.5 Å². The Morgan fingerprint density at radius 2 is 1.24 bits per heavy atom. The summed E-state index contributed by atoms with van der Waals surface area (Å²) in [4.78, 5) is 65.1. The number of benzene rings is 2. The maximum atomic E-state index is 12.2. The summed E-state index contributed by atoms with van der Waals surface area (Å²) in [5.41, 5.74) is 12.7. The number of nitriles is 2. The first-order valence-corrected chi connectivity index (χ1v) is 19.1. The standard InChI is InChI=1S/C20H24N6O5.C17H18N6O4S.3CH4.BH/c1-3-5-9-31-20-23-18(22)17(26(28)29)19(24-20)25(13-16(27)30-4-2)12-15-8-6-7-14(10-15)11-21;1-3-27-13(24)10-22(9-12-6-4-5-11(7-12)8-18)16-14(23(25)26)15(19)20-17(21-16)28-2;;;;/h6-8,10H,3-5,9,12-13H2,1-2H3,(H2,22,23,24);4-7H,3,9-10H2,1-2H3,(H2,19,20,21);3*1H4;1H/i;;;;;1D. The van der Waals surface area contributed by atoms with Crippen molar-refractivity contribution in [2.24, 2.45) is 0 Å². The van der Waals surface area contributed by atoms with E-state index in [-0.39, 0.29) is 96.1 Å². The highest BCUT2D eigenvalue weighted by Gasteiger charge is 2.31. The molecule has 23 heteroatoms. The van der Waals surface area contributed by atoms with E-state index in [9.17, 15) is 29.8 Å². The van der Waals surface area contributed by atoms with Gasteiger partial charge >= 0.3 is 29.3 Å². The van der Waals surface area contributed by atoms with Crippen molar-refractivity contribution in [3.8, 4) is 18.1 Å². The molecule has 0 amide bonds. The van der Waals surface area contributed by atoms with Gasteiger partial charge in [0.25, 0.3) is 0 Å². The molecule has 4 N–H and O–H groups in total. The maximum absolute atomic E-state index is 12.2. The Bertz CT molecular complexity index is 2230. The highest BCUT2D eigenvalue weighted by Crippen LogP contribution is 2.35. The smallest absolute Gasteiger partial charge is 0.353 e. The predicted molar refractivity (Wildman–Crippen MR) is 243 cm³/mol. The Morgan fingerprint density at radius 1 is 0.794 bits per heavy atom. The van der Waals surface area contributed by atoms with Crippen molar-refractivity contribution in [2.45, 2.75) is 74.1 Å². The molecule has 2 radical (unpaired) electrons. The number of nitrogens with two attached hydrogens (primary N) is 2. The quantitative estimate of drug-likeness (QED) is 0.0208. The van der Waals surface area contributed by atoms with Gasteiger partial charge in [-0.1, -0.05) is 71.7 Å². The Morgan fingerprint density at radius 3 is 1.63 bits per heavy atom. The zero-order chi connectivity index (χ0) is 45.5. The SMILES string of the molecule is C.C.C.CCCCOc1nc(N)c([N+](=O)[O-])c(N(CC(=O)OCC)Cc2cccc(C#N)c2)n1.CCOC(=O)CN(Cc1cccc(C#N)c1)c1nc(SC)nc(N)c1[N+](=O)[O-].[2H][B]. The van der Waals surface area contributed by atoms with E-state index in [2.05, 4.69) is 28.3 Å². The zero-order valence-electron chi connectivity index (χ0n) is 34.3. The number of hydrogen-bond donors (Lipinski definition) is 2. The van der Waals surface area contributed by atoms with Crippen LogP contribution in [0.2, 0.25) is 0 Å². The summed E-state index contributed by atoms with van der Waals surface area (Å²) in [6, 6.07) is 17.3. The van der Waals surface area contributed by atoms with Gasteiger partial charge in [-0.15, -0.1) is 0 Å². The van der Waals surface area contributed by atoms with Gasteiger partial charge in [-0.05, 0) is 63.3 Å². The van der Waals surface area contributed by atoms with E-state index < -0.39 is 33.2 Å². The van der Waals surface area contributed by atoms with Crippen LogP contribution in [0, 0.1) is 42.9 Å². The van der Waals surface area contributed by atoms with Crippen LogP contribution in [0.5, 0.6) is 6.01 Å². The molecule has 0 spiro atoms. The third kappa shape index (κ3) is 17.3. The van der Waals surface area contributed by atoms with Gasteiger partial charge < -0.3 is 35.5 Å². The maximum Gasteiger partial charge on any atom is 0.353 e. The summed E-state index contributed by atoms with van der Waals surface area (Å²) in [6.07, 6.45) is 3.32. The predicted octanol–water partition coefficient (Wildman–Crippen LogP) is 5.98. The molecule has 0 aliphatic rings. The molecule has 4 rings (SSSR count). The topological polar surface area (TPSA) is 306 Å². The minimum absolute atomic E-state index is 0. The zero-order valence-corrected chi connectivity index (χ0v) is 34.1. The molecule has 2 heterocycles. The third-order valence-electron chi connectivity index (χ3n) is 7.73. The van der Waals surface area contributed by atoms with Crippen LogP contribution in [0.3, 0.4) is 0 Å². The Hall–Kier alpha value is -7.27. The second-order valence-electron chi connectivity index (χ2n) is 12.0. The van der Waals surface area contributed by atoms with Crippen LogP contribution in [0.15, 0.2) is 53.7 Å². The van der Waals surface area contributed by atoms with Gasteiger partial charge in [-0.3, -0.25) is 29.8 Å². The molecule has 63 heavy (non-hydrogen) atoms. The number of thioether (sulfide) groups is 1. The van der Waals surface area contributed by atoms with E-state index >= 15 is 0 Å². The van der Waals surface area contributed by atoms with Crippen molar-refractivity contribution in [1.29, 1.82) is 11.9 Å². The van der Waals surface area contributed by atoms with E-state index in [4.69, 9.17) is 37.5 Å². The average Bonchev–Trinajstić information content (AvgIpc) is 3.23. The average molecular weight is 892 g/mol. The summed E-state index contributed by atoms with van der Waals surface area (Å²) in [5.74, 6) is -2.09. The summed E-state index contributed by atoms with van der Waals surface area (Å²) >= 11 is 1.17. The number of esters is 2. The van der Waals surface area contributed by atoms with Gasteiger partial charge in [-0.2, -0.15) is 30.5 Å². The summed E-state index contributed by atoms with van der Waals surface area (Å²) in [6.45, 7) is 5.45. The lowest BCUT2D eigenvalue weighted by Gasteiger charge is -2.23. The molecule has 0 saturated carbocycles. The fraction of sp³-hybridized carbons (Fsp3) is 0.400. The van der Waals surface area contributed by atoms with Crippen molar-refractivity contribution >= 4 is 66.7 Å². The highest BCUT2D eigenvalue weighted by molar-refractivity contribution is 7.98. The molecule has 0 fully saturated rings. The van der Waals surface area contributed by atoms with Gasteiger partial charge in [-0.25, -0.2) is 0 Å².